The Kier molecular flexibility index (Phi) is 3.66. The first-order valence-electron chi connectivity index (χ1n) is 5.46. The van der Waals surface area contributed by atoms with E-state index in [0.29, 0.717) is 23.2 Å². The molecule has 2 aromatic carbocycles. The average Bonchev–Trinajstić information content (AvgIpc) is 2.47. The molecule has 0 amide bonds. The van der Waals surface area contributed by atoms with E-state index in [-0.39, 0.29) is 11.3 Å². The summed E-state index contributed by atoms with van der Waals surface area (Å²) in [5, 5.41) is 2.84. The molecule has 19 heavy (non-hydrogen) atoms. The third-order valence-electron chi connectivity index (χ3n) is 2.72. The molecule has 0 spiro atoms. The molecule has 96 valence electrons. The topological polar surface area (TPSA) is 55.7 Å². The average molecular weight is 259 g/mol. The number of nitroso groups, excluding NO2 is 1. The summed E-state index contributed by atoms with van der Waals surface area (Å²) in [6.07, 6.45) is 0.598. The van der Waals surface area contributed by atoms with Gasteiger partial charge in [0.1, 0.15) is 23.5 Å². The molecule has 5 heteroatoms. The first-order chi connectivity index (χ1) is 9.19. The van der Waals surface area contributed by atoms with Gasteiger partial charge in [0, 0.05) is 16.7 Å². The van der Waals surface area contributed by atoms with E-state index in [4.69, 9.17) is 4.74 Å². The Bertz CT molecular complexity index is 641. The Morgan fingerprint density at radius 2 is 1.95 bits per heavy atom. The number of hydrogen-bond donors (Lipinski definition) is 0. The molecule has 0 saturated heterocycles. The predicted molar refractivity (Wildman–Crippen MR) is 69.2 cm³/mol. The molecule has 0 aliphatic heterocycles. The number of rotatable bonds is 4. The van der Waals surface area contributed by atoms with Gasteiger partial charge in [-0.3, -0.25) is 4.79 Å². The minimum Gasteiger partial charge on any atom is -0.497 e. The first-order valence-corrected chi connectivity index (χ1v) is 5.46. The molecular weight excluding hydrogens is 249 g/mol. The van der Waals surface area contributed by atoms with Crippen molar-refractivity contribution in [2.75, 3.05) is 7.11 Å². The molecule has 4 nitrogen and oxygen atoms in total. The van der Waals surface area contributed by atoms with E-state index < -0.39 is 5.82 Å². The molecule has 0 atom stereocenters. The fraction of sp³-hybridized carbons (Fsp3) is 0.0714. The lowest BCUT2D eigenvalue weighted by Crippen LogP contribution is -1.90. The number of methoxy groups -OCH3 is 1. The lowest BCUT2D eigenvalue weighted by Gasteiger charge is -2.08. The van der Waals surface area contributed by atoms with E-state index in [2.05, 4.69) is 5.18 Å². The van der Waals surface area contributed by atoms with Crippen LogP contribution in [-0.2, 0) is 0 Å². The number of ether oxygens (including phenoxy) is 1. The second kappa shape index (κ2) is 5.39. The third-order valence-corrected chi connectivity index (χ3v) is 2.72. The number of carbonyl (C=O) groups excluding carboxylic acids is 1. The van der Waals surface area contributed by atoms with Crippen LogP contribution in [-0.4, -0.2) is 13.4 Å². The van der Waals surface area contributed by atoms with E-state index in [0.717, 1.165) is 0 Å². The molecule has 0 unspecified atom stereocenters. The summed E-state index contributed by atoms with van der Waals surface area (Å²) in [5.74, 6) is -0.0303. The van der Waals surface area contributed by atoms with Crippen molar-refractivity contribution in [3.8, 4) is 16.9 Å². The summed E-state index contributed by atoms with van der Waals surface area (Å²) in [5.41, 5.74) is 0.835. The Hall–Kier alpha value is -2.56. The van der Waals surface area contributed by atoms with Crippen molar-refractivity contribution in [3.05, 3.63) is 52.7 Å². The van der Waals surface area contributed by atoms with Crippen molar-refractivity contribution in [1.29, 1.82) is 0 Å². The van der Waals surface area contributed by atoms with Crippen LogP contribution in [0.25, 0.3) is 11.1 Å². The van der Waals surface area contributed by atoms with E-state index in [1.165, 1.54) is 43.5 Å². The molecule has 0 heterocycles. The standard InChI is InChI=1S/C14H10FNO3/c1-19-10-3-5-13(15)12(7-10)11-4-2-9(8-17)6-14(11)16-18/h2-8H,1H3. The van der Waals surface area contributed by atoms with Crippen molar-refractivity contribution >= 4 is 12.0 Å². The molecule has 0 aliphatic rings. The molecule has 2 rings (SSSR count). The zero-order valence-corrected chi connectivity index (χ0v) is 10.1. The molecule has 0 N–H and O–H groups in total. The van der Waals surface area contributed by atoms with Gasteiger partial charge < -0.3 is 4.74 Å². The Morgan fingerprint density at radius 1 is 1.16 bits per heavy atom. The maximum atomic E-state index is 13.8. The van der Waals surface area contributed by atoms with E-state index >= 15 is 0 Å². The minimum atomic E-state index is -0.496. The molecule has 0 saturated carbocycles. The normalized spacial score (nSPS) is 10.0. The molecule has 0 fully saturated rings. The zero-order valence-electron chi connectivity index (χ0n) is 10.1. The number of benzene rings is 2. The highest BCUT2D eigenvalue weighted by atomic mass is 19.1. The Balaban J connectivity index is 2.64. The summed E-state index contributed by atoms with van der Waals surface area (Å²) in [6.45, 7) is 0. The summed E-state index contributed by atoms with van der Waals surface area (Å²) in [6, 6.07) is 8.49. The van der Waals surface area contributed by atoms with Gasteiger partial charge in [0.2, 0.25) is 0 Å². The van der Waals surface area contributed by atoms with Gasteiger partial charge in [-0.15, -0.1) is 4.91 Å². The van der Waals surface area contributed by atoms with Gasteiger partial charge in [-0.25, -0.2) is 4.39 Å². The monoisotopic (exact) mass is 259 g/mol. The summed E-state index contributed by atoms with van der Waals surface area (Å²) >= 11 is 0. The molecule has 0 aliphatic carbocycles. The van der Waals surface area contributed by atoms with Crippen molar-refractivity contribution in [2.24, 2.45) is 5.18 Å². The number of aldehydes is 1. The third kappa shape index (κ3) is 2.49. The maximum Gasteiger partial charge on any atom is 0.150 e. The summed E-state index contributed by atoms with van der Waals surface area (Å²) < 4.78 is 18.8. The Labute approximate surface area is 108 Å². The van der Waals surface area contributed by atoms with Crippen LogP contribution in [0.4, 0.5) is 10.1 Å². The molecule has 2 aromatic rings. The summed E-state index contributed by atoms with van der Waals surface area (Å²) in [4.78, 5) is 21.5. The highest BCUT2D eigenvalue weighted by molar-refractivity contribution is 5.84. The van der Waals surface area contributed by atoms with Gasteiger partial charge in [0.05, 0.1) is 7.11 Å². The van der Waals surface area contributed by atoms with E-state index in [9.17, 15) is 14.1 Å². The number of hydrogen-bond acceptors (Lipinski definition) is 4. The Morgan fingerprint density at radius 3 is 2.58 bits per heavy atom. The van der Waals surface area contributed by atoms with Crippen LogP contribution in [0.1, 0.15) is 10.4 Å². The highest BCUT2D eigenvalue weighted by Crippen LogP contribution is 2.34. The van der Waals surface area contributed by atoms with Gasteiger partial charge in [0.15, 0.2) is 0 Å². The minimum absolute atomic E-state index is 0.0109. The molecule has 0 radical (unpaired) electrons. The highest BCUT2D eigenvalue weighted by Gasteiger charge is 2.12. The van der Waals surface area contributed by atoms with Crippen LogP contribution in [0.5, 0.6) is 5.75 Å². The second-order valence-electron chi connectivity index (χ2n) is 3.83. The van der Waals surface area contributed by atoms with Crippen molar-refractivity contribution < 1.29 is 13.9 Å². The van der Waals surface area contributed by atoms with Crippen LogP contribution in [0.3, 0.4) is 0 Å². The zero-order chi connectivity index (χ0) is 13.8. The molecule has 0 aromatic heterocycles. The quantitative estimate of drug-likeness (QED) is 0.621. The number of halogens is 1. The fourth-order valence-electron chi connectivity index (χ4n) is 1.76. The van der Waals surface area contributed by atoms with Crippen LogP contribution >= 0.6 is 0 Å². The van der Waals surface area contributed by atoms with Crippen LogP contribution in [0, 0.1) is 10.7 Å². The number of carbonyl (C=O) groups is 1. The van der Waals surface area contributed by atoms with Gasteiger partial charge in [-0.2, -0.15) is 0 Å². The first kappa shape index (κ1) is 12.9. The van der Waals surface area contributed by atoms with Crippen molar-refractivity contribution in [2.45, 2.75) is 0 Å². The predicted octanol–water partition coefficient (Wildman–Crippen LogP) is 3.71. The lowest BCUT2D eigenvalue weighted by atomic mass is 10.0. The lowest BCUT2D eigenvalue weighted by molar-refractivity contribution is 0.112. The largest absolute Gasteiger partial charge is 0.497 e. The maximum absolute atomic E-state index is 13.8. The van der Waals surface area contributed by atoms with Crippen LogP contribution in [0.15, 0.2) is 41.6 Å². The number of nitrogens with zero attached hydrogens (tertiary/aromatic N) is 1. The SMILES string of the molecule is COc1ccc(F)c(-c2ccc(C=O)cc2N=O)c1. The van der Waals surface area contributed by atoms with Crippen molar-refractivity contribution in [1.82, 2.24) is 0 Å². The van der Waals surface area contributed by atoms with Crippen molar-refractivity contribution in [3.63, 3.8) is 0 Å². The summed E-state index contributed by atoms with van der Waals surface area (Å²) in [7, 11) is 1.46. The molecular formula is C14H10FNO3. The smallest absolute Gasteiger partial charge is 0.150 e. The molecule has 0 bridgehead atoms. The van der Waals surface area contributed by atoms with Gasteiger partial charge in [-0.05, 0) is 29.4 Å². The van der Waals surface area contributed by atoms with Gasteiger partial charge >= 0.3 is 0 Å². The van der Waals surface area contributed by atoms with Crippen LogP contribution in [0.2, 0.25) is 0 Å². The van der Waals surface area contributed by atoms with Crippen LogP contribution < -0.4 is 4.74 Å². The van der Waals surface area contributed by atoms with E-state index in [1.807, 2.05) is 0 Å². The van der Waals surface area contributed by atoms with E-state index in [1.54, 1.807) is 0 Å². The van der Waals surface area contributed by atoms with Gasteiger partial charge in [-0.1, -0.05) is 12.1 Å². The second-order valence-corrected chi connectivity index (χ2v) is 3.83. The van der Waals surface area contributed by atoms with Gasteiger partial charge in [0.25, 0.3) is 0 Å². The fourth-order valence-corrected chi connectivity index (χ4v) is 1.76.